The highest BCUT2D eigenvalue weighted by Gasteiger charge is 2.18. The van der Waals surface area contributed by atoms with Gasteiger partial charge in [0.2, 0.25) is 5.95 Å². The number of guanidine groups is 1. The van der Waals surface area contributed by atoms with Crippen LogP contribution < -0.4 is 15.5 Å². The Morgan fingerprint density at radius 1 is 1.25 bits per heavy atom. The average molecular weight is 445 g/mol. The van der Waals surface area contributed by atoms with Crippen LogP contribution in [0.2, 0.25) is 0 Å². The molecule has 1 aromatic heterocycles. The maximum atomic E-state index is 4.59. The first-order valence-electron chi connectivity index (χ1n) is 8.21. The van der Waals surface area contributed by atoms with Gasteiger partial charge in [-0.25, -0.2) is 9.97 Å². The molecule has 8 heteroatoms. The Kier molecular flexibility index (Phi) is 10.3. The third kappa shape index (κ3) is 7.00. The number of piperazine rings is 1. The van der Waals surface area contributed by atoms with Crippen LogP contribution in [0, 0.1) is 0 Å². The van der Waals surface area contributed by atoms with Crippen LogP contribution in [-0.2, 0) is 0 Å². The van der Waals surface area contributed by atoms with Gasteiger partial charge < -0.3 is 15.5 Å². The van der Waals surface area contributed by atoms with Gasteiger partial charge in [0.25, 0.3) is 0 Å². The molecule has 0 unspecified atom stereocenters. The van der Waals surface area contributed by atoms with Gasteiger partial charge in [0.1, 0.15) is 0 Å². The molecule has 0 aliphatic carbocycles. The molecule has 0 spiro atoms. The number of hydrogen-bond acceptors (Lipinski definition) is 5. The molecule has 1 aliphatic rings. The molecular weight excluding hydrogens is 417 g/mol. The fourth-order valence-corrected chi connectivity index (χ4v) is 2.44. The molecule has 0 amide bonds. The lowest BCUT2D eigenvalue weighted by Crippen LogP contribution is -2.47. The van der Waals surface area contributed by atoms with Crippen molar-refractivity contribution in [2.45, 2.75) is 6.92 Å². The summed E-state index contributed by atoms with van der Waals surface area (Å²) in [6, 6.07) is 1.85. The van der Waals surface area contributed by atoms with Crippen LogP contribution in [0.3, 0.4) is 0 Å². The Hall–Kier alpha value is -1.42. The lowest BCUT2D eigenvalue weighted by Gasteiger charge is -2.34. The van der Waals surface area contributed by atoms with Crippen molar-refractivity contribution < 1.29 is 0 Å². The van der Waals surface area contributed by atoms with E-state index < -0.39 is 0 Å². The highest BCUT2D eigenvalue weighted by Crippen LogP contribution is 2.09. The number of nitrogens with zero attached hydrogens (tertiary/aromatic N) is 5. The van der Waals surface area contributed by atoms with Gasteiger partial charge >= 0.3 is 0 Å². The fraction of sp³-hybridized carbons (Fsp3) is 0.562. The Morgan fingerprint density at radius 2 is 1.96 bits per heavy atom. The third-order valence-corrected chi connectivity index (χ3v) is 3.65. The van der Waals surface area contributed by atoms with E-state index >= 15 is 0 Å². The molecule has 24 heavy (non-hydrogen) atoms. The maximum absolute atomic E-state index is 4.59. The molecule has 2 rings (SSSR count). The van der Waals surface area contributed by atoms with Crippen molar-refractivity contribution in [3.8, 4) is 0 Å². The minimum absolute atomic E-state index is 0. The molecule has 1 saturated heterocycles. The largest absolute Gasteiger partial charge is 0.357 e. The zero-order chi connectivity index (χ0) is 16.3. The average Bonchev–Trinajstić information content (AvgIpc) is 2.61. The van der Waals surface area contributed by atoms with Gasteiger partial charge in [-0.3, -0.25) is 9.89 Å². The molecular formula is C16H28IN7. The Bertz CT molecular complexity index is 486. The molecule has 0 radical (unpaired) electrons. The minimum atomic E-state index is 0. The zero-order valence-electron chi connectivity index (χ0n) is 14.3. The number of halogens is 1. The van der Waals surface area contributed by atoms with Crippen molar-refractivity contribution in [3.63, 3.8) is 0 Å². The molecule has 0 aromatic carbocycles. The van der Waals surface area contributed by atoms with Crippen molar-refractivity contribution in [1.82, 2.24) is 25.5 Å². The summed E-state index contributed by atoms with van der Waals surface area (Å²) < 4.78 is 0. The van der Waals surface area contributed by atoms with Gasteiger partial charge in [-0.1, -0.05) is 6.08 Å². The second-order valence-corrected chi connectivity index (χ2v) is 5.31. The van der Waals surface area contributed by atoms with Gasteiger partial charge in [0.05, 0.1) is 6.54 Å². The minimum Gasteiger partial charge on any atom is -0.357 e. The first-order chi connectivity index (χ1) is 11.3. The molecule has 0 saturated carbocycles. The van der Waals surface area contributed by atoms with Crippen LogP contribution in [0.15, 0.2) is 36.1 Å². The van der Waals surface area contributed by atoms with Gasteiger partial charge in [-0.2, -0.15) is 0 Å². The molecule has 1 aromatic rings. The summed E-state index contributed by atoms with van der Waals surface area (Å²) in [6.45, 7) is 13.1. The lowest BCUT2D eigenvalue weighted by atomic mass is 10.3. The van der Waals surface area contributed by atoms with Crippen LogP contribution in [0.5, 0.6) is 0 Å². The van der Waals surface area contributed by atoms with E-state index in [1.165, 1.54) is 0 Å². The monoisotopic (exact) mass is 445 g/mol. The molecule has 1 aliphatic heterocycles. The second kappa shape index (κ2) is 12.0. The third-order valence-electron chi connectivity index (χ3n) is 3.65. The molecule has 2 heterocycles. The van der Waals surface area contributed by atoms with E-state index in [0.29, 0.717) is 0 Å². The van der Waals surface area contributed by atoms with E-state index in [1.54, 1.807) is 12.4 Å². The summed E-state index contributed by atoms with van der Waals surface area (Å²) in [6.07, 6.45) is 5.42. The highest BCUT2D eigenvalue weighted by molar-refractivity contribution is 14.0. The number of aliphatic imine (C=N–C) groups is 1. The zero-order valence-corrected chi connectivity index (χ0v) is 16.6. The molecule has 134 valence electrons. The molecule has 7 nitrogen and oxygen atoms in total. The smallest absolute Gasteiger partial charge is 0.225 e. The highest BCUT2D eigenvalue weighted by atomic mass is 127. The summed E-state index contributed by atoms with van der Waals surface area (Å²) in [5.41, 5.74) is 0. The van der Waals surface area contributed by atoms with Gasteiger partial charge in [-0.05, 0) is 13.0 Å². The predicted octanol–water partition coefficient (Wildman–Crippen LogP) is 0.958. The van der Waals surface area contributed by atoms with Gasteiger partial charge in [0.15, 0.2) is 5.96 Å². The van der Waals surface area contributed by atoms with Gasteiger partial charge in [-0.15, -0.1) is 30.6 Å². The summed E-state index contributed by atoms with van der Waals surface area (Å²) in [4.78, 5) is 17.9. The molecule has 1 fully saturated rings. The molecule has 0 bridgehead atoms. The standard InChI is InChI=1S/C16H27N7.HI/c1-3-6-18-15(17-4-2)19-9-10-22-11-13-23(14-12-22)16-20-7-5-8-21-16;/h3,5,7-8H,1,4,6,9-14H2,2H3,(H2,17,18,19);1H. The summed E-state index contributed by atoms with van der Waals surface area (Å²) in [5, 5.41) is 6.45. The van der Waals surface area contributed by atoms with E-state index in [0.717, 1.165) is 64.3 Å². The normalized spacial score (nSPS) is 15.5. The van der Waals surface area contributed by atoms with E-state index in [9.17, 15) is 0 Å². The summed E-state index contributed by atoms with van der Waals surface area (Å²) in [5.74, 6) is 1.68. The number of hydrogen-bond donors (Lipinski definition) is 2. The first-order valence-corrected chi connectivity index (χ1v) is 8.21. The quantitative estimate of drug-likeness (QED) is 0.282. The first kappa shape index (κ1) is 20.6. The summed E-state index contributed by atoms with van der Waals surface area (Å²) >= 11 is 0. The van der Waals surface area contributed by atoms with Crippen molar-refractivity contribution in [3.05, 3.63) is 31.1 Å². The van der Waals surface area contributed by atoms with Crippen LogP contribution in [0.25, 0.3) is 0 Å². The second-order valence-electron chi connectivity index (χ2n) is 5.31. The Labute approximate surface area is 161 Å². The van der Waals surface area contributed by atoms with Crippen molar-refractivity contribution in [2.75, 3.05) is 57.3 Å². The van der Waals surface area contributed by atoms with E-state index in [2.05, 4.69) is 48.9 Å². The topological polar surface area (TPSA) is 68.7 Å². The fourth-order valence-electron chi connectivity index (χ4n) is 2.44. The van der Waals surface area contributed by atoms with Crippen molar-refractivity contribution in [1.29, 1.82) is 0 Å². The van der Waals surface area contributed by atoms with E-state index in [4.69, 9.17) is 0 Å². The van der Waals surface area contributed by atoms with Crippen LogP contribution in [-0.4, -0.2) is 73.2 Å². The van der Waals surface area contributed by atoms with Crippen LogP contribution in [0.4, 0.5) is 5.95 Å². The number of nitrogens with one attached hydrogen (secondary N) is 2. The number of anilines is 1. The molecule has 2 N–H and O–H groups in total. The Balaban J connectivity index is 0.00000288. The van der Waals surface area contributed by atoms with Crippen LogP contribution in [0.1, 0.15) is 6.92 Å². The number of rotatable bonds is 7. The van der Waals surface area contributed by atoms with Crippen LogP contribution >= 0.6 is 24.0 Å². The Morgan fingerprint density at radius 3 is 2.58 bits per heavy atom. The molecule has 0 atom stereocenters. The lowest BCUT2D eigenvalue weighted by molar-refractivity contribution is 0.263. The SMILES string of the molecule is C=CCNC(=NCCN1CCN(c2ncccn2)CC1)NCC.I. The number of aromatic nitrogens is 2. The summed E-state index contributed by atoms with van der Waals surface area (Å²) in [7, 11) is 0. The predicted molar refractivity (Wildman–Crippen MR) is 110 cm³/mol. The van der Waals surface area contributed by atoms with E-state index in [-0.39, 0.29) is 24.0 Å². The van der Waals surface area contributed by atoms with E-state index in [1.807, 2.05) is 12.1 Å². The van der Waals surface area contributed by atoms with Crippen molar-refractivity contribution in [2.24, 2.45) is 4.99 Å². The van der Waals surface area contributed by atoms with Gasteiger partial charge in [0, 0.05) is 58.2 Å². The van der Waals surface area contributed by atoms with Crippen molar-refractivity contribution >= 4 is 35.9 Å². The maximum Gasteiger partial charge on any atom is 0.225 e.